The van der Waals surface area contributed by atoms with E-state index in [1.54, 1.807) is 0 Å². The van der Waals surface area contributed by atoms with Crippen LogP contribution >= 0.6 is 0 Å². The van der Waals surface area contributed by atoms with E-state index < -0.39 is 65.6 Å². The lowest BCUT2D eigenvalue weighted by Gasteiger charge is -2.14. The molecule has 0 radical (unpaired) electrons. The Labute approximate surface area is 147 Å². The van der Waals surface area contributed by atoms with Crippen molar-refractivity contribution < 1.29 is 41.1 Å². The van der Waals surface area contributed by atoms with Crippen LogP contribution in [0.1, 0.15) is 26.3 Å². The van der Waals surface area contributed by atoms with Gasteiger partial charge in [-0.15, -0.1) is 0 Å². The molecule has 10 heteroatoms. The highest BCUT2D eigenvalue weighted by Crippen LogP contribution is 2.24. The summed E-state index contributed by atoms with van der Waals surface area (Å²) >= 11 is 0. The van der Waals surface area contributed by atoms with Crippen molar-refractivity contribution in [2.45, 2.75) is 6.61 Å². The Bertz CT molecular complexity index is 928. The third-order valence-electron chi connectivity index (χ3n) is 3.84. The number of benzene rings is 2. The van der Waals surface area contributed by atoms with E-state index >= 15 is 0 Å². The number of nitrogens with zero attached hydrogens (tertiary/aromatic N) is 1. The fourth-order valence-corrected chi connectivity index (χ4v) is 2.49. The lowest BCUT2D eigenvalue weighted by atomic mass is 10.1. The zero-order chi connectivity index (χ0) is 19.9. The lowest BCUT2D eigenvalue weighted by molar-refractivity contribution is -0.145. The molecule has 0 saturated carbocycles. The Kier molecular flexibility index (Phi) is 4.64. The second-order valence-corrected chi connectivity index (χ2v) is 5.45. The monoisotopic (exact) mass is 385 g/mol. The number of esters is 1. The summed E-state index contributed by atoms with van der Waals surface area (Å²) in [6.45, 7) is -2.16. The minimum atomic E-state index is -2.34. The summed E-state index contributed by atoms with van der Waals surface area (Å²) in [7, 11) is 0. The molecule has 0 aromatic heterocycles. The van der Waals surface area contributed by atoms with Gasteiger partial charge in [0.25, 0.3) is 11.8 Å². The summed E-state index contributed by atoms with van der Waals surface area (Å²) in [6.07, 6.45) is 0. The van der Waals surface area contributed by atoms with Crippen molar-refractivity contribution in [3.63, 3.8) is 0 Å². The Morgan fingerprint density at radius 2 is 1.26 bits per heavy atom. The molecule has 27 heavy (non-hydrogen) atoms. The summed E-state index contributed by atoms with van der Waals surface area (Å²) in [5, 5.41) is 0. The van der Waals surface area contributed by atoms with Gasteiger partial charge in [-0.2, -0.15) is 0 Å². The van der Waals surface area contributed by atoms with Crippen molar-refractivity contribution in [3.8, 4) is 0 Å². The van der Waals surface area contributed by atoms with Gasteiger partial charge in [-0.05, 0) is 12.1 Å². The van der Waals surface area contributed by atoms with Gasteiger partial charge in [0.15, 0.2) is 23.3 Å². The molecule has 3 rings (SSSR count). The molecule has 140 valence electrons. The zero-order valence-corrected chi connectivity index (χ0v) is 13.2. The molecule has 0 bridgehead atoms. The second kappa shape index (κ2) is 6.78. The van der Waals surface area contributed by atoms with E-state index in [0.717, 1.165) is 0 Å². The second-order valence-electron chi connectivity index (χ2n) is 5.45. The lowest BCUT2D eigenvalue weighted by Crippen LogP contribution is -2.35. The smallest absolute Gasteiger partial charge is 0.326 e. The van der Waals surface area contributed by atoms with E-state index in [1.165, 1.54) is 24.3 Å². The topological polar surface area (TPSA) is 63.7 Å². The molecule has 2 aromatic rings. The van der Waals surface area contributed by atoms with Crippen molar-refractivity contribution >= 4 is 17.8 Å². The van der Waals surface area contributed by atoms with Crippen LogP contribution in [0.15, 0.2) is 24.3 Å². The molecule has 0 unspecified atom stereocenters. The predicted octanol–water partition coefficient (Wildman–Crippen LogP) is 2.72. The minimum Gasteiger partial charge on any atom is -0.459 e. The fraction of sp³-hybridized carbons (Fsp3) is 0.118. The molecule has 5 nitrogen and oxygen atoms in total. The van der Waals surface area contributed by atoms with Gasteiger partial charge in [0.05, 0.1) is 16.7 Å². The summed E-state index contributed by atoms with van der Waals surface area (Å²) in [4.78, 5) is 36.5. The first-order valence-electron chi connectivity index (χ1n) is 7.35. The van der Waals surface area contributed by atoms with E-state index in [2.05, 4.69) is 4.74 Å². The highest BCUT2D eigenvalue weighted by molar-refractivity contribution is 6.22. The first-order valence-corrected chi connectivity index (χ1v) is 7.35. The standard InChI is InChI=1S/C17H8F5NO4/c18-11-9(12(19)14(21)15(22)13(11)20)6-27-10(24)5-23-16(25)7-3-1-2-4-8(7)17(23)26/h1-4H,5-6H2. The molecule has 1 aliphatic rings. The molecule has 0 aliphatic carbocycles. The van der Waals surface area contributed by atoms with Crippen LogP contribution in [-0.4, -0.2) is 29.2 Å². The highest BCUT2D eigenvalue weighted by atomic mass is 19.2. The molecule has 0 atom stereocenters. The van der Waals surface area contributed by atoms with Crippen molar-refractivity contribution in [1.82, 2.24) is 4.90 Å². The predicted molar refractivity (Wildman–Crippen MR) is 77.8 cm³/mol. The van der Waals surface area contributed by atoms with Gasteiger partial charge < -0.3 is 4.74 Å². The van der Waals surface area contributed by atoms with E-state index in [4.69, 9.17) is 0 Å². The van der Waals surface area contributed by atoms with Crippen LogP contribution in [-0.2, 0) is 16.1 Å². The van der Waals surface area contributed by atoms with Gasteiger partial charge >= 0.3 is 5.97 Å². The maximum atomic E-state index is 13.5. The zero-order valence-electron chi connectivity index (χ0n) is 13.2. The summed E-state index contributed by atoms with van der Waals surface area (Å²) in [5.41, 5.74) is -1.22. The molecule has 0 spiro atoms. The number of amides is 2. The molecule has 0 saturated heterocycles. The Hall–Kier alpha value is -3.30. The summed E-state index contributed by atoms with van der Waals surface area (Å²) < 4.78 is 70.7. The maximum Gasteiger partial charge on any atom is 0.326 e. The van der Waals surface area contributed by atoms with Crippen molar-refractivity contribution in [2.75, 3.05) is 6.54 Å². The van der Waals surface area contributed by atoms with Crippen molar-refractivity contribution in [1.29, 1.82) is 0 Å². The fourth-order valence-electron chi connectivity index (χ4n) is 2.49. The molecular weight excluding hydrogens is 377 g/mol. The Morgan fingerprint density at radius 1 is 0.815 bits per heavy atom. The van der Waals surface area contributed by atoms with Crippen LogP contribution < -0.4 is 0 Å². The molecule has 0 N–H and O–H groups in total. The summed E-state index contributed by atoms with van der Waals surface area (Å²) in [5.74, 6) is -13.8. The van der Waals surface area contributed by atoms with E-state index in [9.17, 15) is 36.3 Å². The van der Waals surface area contributed by atoms with E-state index in [-0.39, 0.29) is 11.1 Å². The number of fused-ring (bicyclic) bond motifs is 1. The van der Waals surface area contributed by atoms with Crippen LogP contribution in [0, 0.1) is 29.1 Å². The van der Waals surface area contributed by atoms with E-state index in [1.807, 2.05) is 0 Å². The van der Waals surface area contributed by atoms with Gasteiger partial charge in [0, 0.05) is 0 Å². The molecule has 1 heterocycles. The third kappa shape index (κ3) is 3.03. The van der Waals surface area contributed by atoms with Crippen LogP contribution in [0.2, 0.25) is 0 Å². The first-order chi connectivity index (χ1) is 12.7. The van der Waals surface area contributed by atoms with Gasteiger partial charge in [0.1, 0.15) is 13.2 Å². The number of hydrogen-bond acceptors (Lipinski definition) is 4. The van der Waals surface area contributed by atoms with E-state index in [0.29, 0.717) is 4.90 Å². The van der Waals surface area contributed by atoms with Gasteiger partial charge in [-0.1, -0.05) is 12.1 Å². The van der Waals surface area contributed by atoms with Crippen LogP contribution in [0.3, 0.4) is 0 Å². The Balaban J connectivity index is 1.72. The van der Waals surface area contributed by atoms with Crippen LogP contribution in [0.4, 0.5) is 22.0 Å². The Morgan fingerprint density at radius 3 is 1.74 bits per heavy atom. The third-order valence-corrected chi connectivity index (χ3v) is 3.84. The van der Waals surface area contributed by atoms with Gasteiger partial charge in [-0.3, -0.25) is 19.3 Å². The average molecular weight is 385 g/mol. The van der Waals surface area contributed by atoms with Crippen LogP contribution in [0.25, 0.3) is 0 Å². The van der Waals surface area contributed by atoms with Gasteiger partial charge in [-0.25, -0.2) is 22.0 Å². The number of ether oxygens (including phenoxy) is 1. The van der Waals surface area contributed by atoms with Crippen molar-refractivity contribution in [2.24, 2.45) is 0 Å². The van der Waals surface area contributed by atoms with Crippen LogP contribution in [0.5, 0.6) is 0 Å². The van der Waals surface area contributed by atoms with Gasteiger partial charge in [0.2, 0.25) is 5.82 Å². The minimum absolute atomic E-state index is 0.0649. The number of imide groups is 1. The number of halogens is 5. The molecule has 1 aliphatic heterocycles. The largest absolute Gasteiger partial charge is 0.459 e. The summed E-state index contributed by atoms with van der Waals surface area (Å²) in [6, 6.07) is 5.76. The quantitative estimate of drug-likeness (QED) is 0.267. The number of rotatable bonds is 4. The average Bonchev–Trinajstić information content (AvgIpc) is 2.90. The highest BCUT2D eigenvalue weighted by Gasteiger charge is 2.36. The SMILES string of the molecule is O=C(CN1C(=O)c2ccccc2C1=O)OCc1c(F)c(F)c(F)c(F)c1F. The number of carbonyl (C=O) groups is 3. The molecule has 2 aromatic carbocycles. The van der Waals surface area contributed by atoms with Crippen molar-refractivity contribution in [3.05, 3.63) is 70.0 Å². The number of carbonyl (C=O) groups excluding carboxylic acids is 3. The molecular formula is C17H8F5NO4. The molecule has 0 fully saturated rings. The normalized spacial score (nSPS) is 13.1. The molecule has 2 amide bonds. The number of hydrogen-bond donors (Lipinski definition) is 0. The first kappa shape index (κ1) is 18.5. The maximum absolute atomic E-state index is 13.5.